The van der Waals surface area contributed by atoms with Gasteiger partial charge >= 0.3 is 0 Å². The number of ether oxygens (including phenoxy) is 1. The minimum atomic E-state index is -0.202. The topological polar surface area (TPSA) is 31.8 Å². The second kappa shape index (κ2) is 17.7. The molecular formula is C37H53FN4O. The van der Waals surface area contributed by atoms with Gasteiger partial charge < -0.3 is 14.5 Å². The van der Waals surface area contributed by atoms with Crippen LogP contribution in [0.5, 0.6) is 5.75 Å². The van der Waals surface area contributed by atoms with Crippen molar-refractivity contribution in [3.8, 4) is 5.75 Å². The molecule has 2 aromatic carbocycles. The summed E-state index contributed by atoms with van der Waals surface area (Å²) in [4.78, 5) is 12.1. The van der Waals surface area contributed by atoms with Crippen LogP contribution in [0.15, 0.2) is 61.3 Å². The van der Waals surface area contributed by atoms with Gasteiger partial charge in [-0.1, -0.05) is 72.3 Å². The van der Waals surface area contributed by atoms with Gasteiger partial charge in [-0.05, 0) is 60.7 Å². The van der Waals surface area contributed by atoms with Gasteiger partial charge in [0.25, 0.3) is 0 Å². The molecule has 3 aromatic rings. The number of rotatable bonds is 8. The number of halogens is 1. The Bertz CT molecular complexity index is 1310. The first-order valence-corrected chi connectivity index (χ1v) is 16.3. The van der Waals surface area contributed by atoms with Crippen LogP contribution >= 0.6 is 0 Å². The van der Waals surface area contributed by atoms with E-state index in [1.54, 1.807) is 25.4 Å². The van der Waals surface area contributed by atoms with E-state index in [4.69, 9.17) is 4.74 Å². The van der Waals surface area contributed by atoms with Crippen molar-refractivity contribution in [2.45, 2.75) is 72.8 Å². The molecule has 0 unspecified atom stereocenters. The third kappa shape index (κ3) is 8.60. The highest BCUT2D eigenvalue weighted by molar-refractivity contribution is 5.91. The number of hydrogen-bond acceptors (Lipinski definition) is 5. The number of hydrogen-bond donors (Lipinski definition) is 0. The number of aromatic nitrogens is 1. The van der Waals surface area contributed by atoms with Crippen LogP contribution in [0, 0.1) is 5.82 Å². The third-order valence-corrected chi connectivity index (χ3v) is 8.05. The summed E-state index contributed by atoms with van der Waals surface area (Å²) in [6.07, 6.45) is 13.4. The molecule has 2 aliphatic rings. The van der Waals surface area contributed by atoms with E-state index >= 15 is 0 Å². The fourth-order valence-corrected chi connectivity index (χ4v) is 6.07. The zero-order chi connectivity index (χ0) is 31.2. The first kappa shape index (κ1) is 34.1. The number of pyridine rings is 1. The average Bonchev–Trinajstić information content (AvgIpc) is 3.06. The summed E-state index contributed by atoms with van der Waals surface area (Å²) in [5.74, 6) is 0.702. The number of allylic oxidation sites excluding steroid dienone is 2. The average molecular weight is 589 g/mol. The van der Waals surface area contributed by atoms with Crippen molar-refractivity contribution in [2.24, 2.45) is 0 Å². The fourth-order valence-electron chi connectivity index (χ4n) is 6.07. The Morgan fingerprint density at radius 1 is 0.953 bits per heavy atom. The number of nitrogens with zero attached hydrogens (tertiary/aromatic N) is 4. The lowest BCUT2D eigenvalue weighted by atomic mass is 9.97. The van der Waals surface area contributed by atoms with Gasteiger partial charge in [0.05, 0.1) is 18.3 Å². The van der Waals surface area contributed by atoms with Crippen LogP contribution < -0.4 is 14.5 Å². The first-order valence-electron chi connectivity index (χ1n) is 16.3. The van der Waals surface area contributed by atoms with E-state index in [-0.39, 0.29) is 5.82 Å². The SMILES string of the molecule is C=C/C=C\c1cc(OC)cc(N2CCN(C3CCN(c4ccc(F)c5cccnc45)CC3)CC2)c1CCC.CC.CCC. The van der Waals surface area contributed by atoms with Gasteiger partial charge in [0.15, 0.2) is 0 Å². The predicted octanol–water partition coefficient (Wildman–Crippen LogP) is 8.77. The highest BCUT2D eigenvalue weighted by Crippen LogP contribution is 2.34. The molecule has 5 nitrogen and oxygen atoms in total. The Morgan fingerprint density at radius 3 is 2.26 bits per heavy atom. The van der Waals surface area contributed by atoms with E-state index in [1.165, 1.54) is 23.2 Å². The number of anilines is 2. The molecule has 0 bridgehead atoms. The molecule has 234 valence electrons. The van der Waals surface area contributed by atoms with Crippen LogP contribution in [-0.2, 0) is 6.42 Å². The van der Waals surface area contributed by atoms with E-state index in [0.717, 1.165) is 81.9 Å². The molecule has 2 fully saturated rings. The minimum Gasteiger partial charge on any atom is -0.497 e. The monoisotopic (exact) mass is 588 g/mol. The molecule has 0 atom stereocenters. The fraction of sp³-hybridized carbons (Fsp3) is 0.486. The quantitative estimate of drug-likeness (QED) is 0.246. The molecule has 0 amide bonds. The van der Waals surface area contributed by atoms with E-state index in [1.807, 2.05) is 38.1 Å². The zero-order valence-corrected chi connectivity index (χ0v) is 27.4. The van der Waals surface area contributed by atoms with Gasteiger partial charge in [0, 0.05) is 68.6 Å². The van der Waals surface area contributed by atoms with Crippen LogP contribution in [0.3, 0.4) is 0 Å². The number of benzene rings is 2. The molecule has 2 saturated heterocycles. The minimum absolute atomic E-state index is 0.202. The summed E-state index contributed by atoms with van der Waals surface area (Å²) in [6, 6.07) is 12.0. The maximum absolute atomic E-state index is 14.3. The van der Waals surface area contributed by atoms with Crippen molar-refractivity contribution >= 4 is 28.4 Å². The molecule has 5 rings (SSSR count). The van der Waals surface area contributed by atoms with E-state index in [0.29, 0.717) is 11.4 Å². The third-order valence-electron chi connectivity index (χ3n) is 8.05. The molecular weight excluding hydrogens is 535 g/mol. The van der Waals surface area contributed by atoms with E-state index in [2.05, 4.69) is 65.2 Å². The van der Waals surface area contributed by atoms with Gasteiger partial charge in [-0.2, -0.15) is 0 Å². The standard InChI is InChI=1S/C32H39FN4O.C3H8.C2H6/c1-4-6-9-24-22-26(38-3)23-31(27(24)8-5-2)37-20-18-35(19-21-37)25-13-16-36(17-14-25)30-12-11-29(33)28-10-7-15-34-32(28)30;1-3-2;1-2/h4,6-7,9-12,15,22-23,25H,1,5,8,13-14,16-21H2,2-3H3;3H2,1-2H3;1-2H3/b9-6-;;. The largest absolute Gasteiger partial charge is 0.497 e. The molecule has 0 spiro atoms. The van der Waals surface area contributed by atoms with Gasteiger partial charge in [-0.25, -0.2) is 4.39 Å². The molecule has 3 heterocycles. The second-order valence-corrected chi connectivity index (χ2v) is 11.0. The van der Waals surface area contributed by atoms with Crippen LogP contribution in [0.25, 0.3) is 17.0 Å². The molecule has 2 aliphatic heterocycles. The molecule has 0 saturated carbocycles. The molecule has 0 aliphatic carbocycles. The number of methoxy groups -OCH3 is 1. The maximum atomic E-state index is 14.3. The Kier molecular flexibility index (Phi) is 14.0. The van der Waals surface area contributed by atoms with Crippen LogP contribution in [0.1, 0.15) is 71.4 Å². The predicted molar refractivity (Wildman–Crippen MR) is 184 cm³/mol. The van der Waals surface area contributed by atoms with E-state index in [9.17, 15) is 4.39 Å². The first-order chi connectivity index (χ1) is 21.0. The smallest absolute Gasteiger partial charge is 0.132 e. The summed E-state index contributed by atoms with van der Waals surface area (Å²) in [5.41, 5.74) is 5.74. The summed E-state index contributed by atoms with van der Waals surface area (Å²) >= 11 is 0. The van der Waals surface area contributed by atoms with Gasteiger partial charge in [0.2, 0.25) is 0 Å². The Morgan fingerprint density at radius 2 is 1.63 bits per heavy atom. The lowest BCUT2D eigenvalue weighted by Gasteiger charge is -2.44. The molecule has 1 aromatic heterocycles. The van der Waals surface area contributed by atoms with Crippen LogP contribution in [-0.4, -0.2) is 62.3 Å². The lowest BCUT2D eigenvalue weighted by Crippen LogP contribution is -2.53. The van der Waals surface area contributed by atoms with Crippen molar-refractivity contribution in [3.05, 3.63) is 78.3 Å². The second-order valence-electron chi connectivity index (χ2n) is 11.0. The summed E-state index contributed by atoms with van der Waals surface area (Å²) < 4.78 is 20.0. The number of piperazine rings is 1. The van der Waals surface area contributed by atoms with Crippen LogP contribution in [0.4, 0.5) is 15.8 Å². The number of fused-ring (bicyclic) bond motifs is 1. The van der Waals surface area contributed by atoms with Crippen molar-refractivity contribution in [1.29, 1.82) is 0 Å². The Balaban J connectivity index is 0.000000953. The normalized spacial score (nSPS) is 16.0. The van der Waals surface area contributed by atoms with Crippen LogP contribution in [0.2, 0.25) is 0 Å². The molecule has 43 heavy (non-hydrogen) atoms. The van der Waals surface area contributed by atoms with Gasteiger partial charge in [-0.15, -0.1) is 0 Å². The number of piperidine rings is 1. The van der Waals surface area contributed by atoms with Crippen molar-refractivity contribution in [2.75, 3.05) is 56.2 Å². The van der Waals surface area contributed by atoms with Crippen molar-refractivity contribution < 1.29 is 9.13 Å². The van der Waals surface area contributed by atoms with Gasteiger partial charge in [-0.3, -0.25) is 9.88 Å². The highest BCUT2D eigenvalue weighted by atomic mass is 19.1. The highest BCUT2D eigenvalue weighted by Gasteiger charge is 2.29. The Labute approximate surface area is 260 Å². The molecule has 6 heteroatoms. The summed E-state index contributed by atoms with van der Waals surface area (Å²) in [5, 5.41) is 0.603. The lowest BCUT2D eigenvalue weighted by molar-refractivity contribution is 0.160. The van der Waals surface area contributed by atoms with E-state index < -0.39 is 0 Å². The summed E-state index contributed by atoms with van der Waals surface area (Å²) in [7, 11) is 1.74. The zero-order valence-electron chi connectivity index (χ0n) is 27.4. The molecule has 0 radical (unpaired) electrons. The van der Waals surface area contributed by atoms with Crippen molar-refractivity contribution in [1.82, 2.24) is 9.88 Å². The van der Waals surface area contributed by atoms with Gasteiger partial charge in [0.1, 0.15) is 11.6 Å². The van der Waals surface area contributed by atoms with Crippen molar-refractivity contribution in [3.63, 3.8) is 0 Å². The molecule has 0 N–H and O–H groups in total. The maximum Gasteiger partial charge on any atom is 0.132 e. The Hall–Kier alpha value is -3.38. The summed E-state index contributed by atoms with van der Waals surface area (Å²) in [6.45, 7) is 20.4.